The van der Waals surface area contributed by atoms with Crippen molar-refractivity contribution in [2.75, 3.05) is 27.4 Å². The first-order valence-electron chi connectivity index (χ1n) is 10.2. The van der Waals surface area contributed by atoms with Crippen LogP contribution in [-0.2, 0) is 16.0 Å². The van der Waals surface area contributed by atoms with Crippen LogP contribution < -0.4 is 14.2 Å². The van der Waals surface area contributed by atoms with Gasteiger partial charge in [-0.05, 0) is 56.2 Å². The minimum Gasteiger partial charge on any atom is -0.493 e. The molecule has 0 aliphatic carbocycles. The van der Waals surface area contributed by atoms with Gasteiger partial charge in [0.05, 0.1) is 33.5 Å². The summed E-state index contributed by atoms with van der Waals surface area (Å²) in [4.78, 5) is 17.3. The van der Waals surface area contributed by atoms with Crippen molar-refractivity contribution in [3.05, 3.63) is 53.1 Å². The Hall–Kier alpha value is -3.02. The number of ether oxygens (including phenoxy) is 4. The van der Waals surface area contributed by atoms with Crippen molar-refractivity contribution in [1.29, 1.82) is 0 Å². The summed E-state index contributed by atoms with van der Waals surface area (Å²) in [6.07, 6.45) is 0.725. The standard InChI is InChI=1S/C24H29NO5/c1-6-29-24(26)20-14-25-21(11-16-8-7-9-17(10-16)30-15(2)3)19-13-23(28-5)22(27-4)12-18(19)20/h7-10,12-13,15,20H,6,11,14H2,1-5H3. The second kappa shape index (κ2) is 9.65. The Labute approximate surface area is 177 Å². The Bertz CT molecular complexity index is 935. The van der Waals surface area contributed by atoms with Gasteiger partial charge in [-0.1, -0.05) is 12.1 Å². The summed E-state index contributed by atoms with van der Waals surface area (Å²) in [5.74, 6) is 1.28. The molecule has 2 aromatic rings. The molecule has 0 saturated heterocycles. The lowest BCUT2D eigenvalue weighted by Gasteiger charge is -2.25. The van der Waals surface area contributed by atoms with Crippen LogP contribution in [0.1, 0.15) is 43.4 Å². The lowest BCUT2D eigenvalue weighted by molar-refractivity contribution is -0.144. The van der Waals surface area contributed by atoms with Crippen molar-refractivity contribution in [2.24, 2.45) is 4.99 Å². The van der Waals surface area contributed by atoms with E-state index in [0.717, 1.165) is 28.2 Å². The first-order valence-corrected chi connectivity index (χ1v) is 10.2. The highest BCUT2D eigenvalue weighted by Crippen LogP contribution is 2.37. The van der Waals surface area contributed by atoms with Crippen molar-refractivity contribution in [2.45, 2.75) is 39.2 Å². The van der Waals surface area contributed by atoms with Crippen molar-refractivity contribution in [3.63, 3.8) is 0 Å². The molecular formula is C24H29NO5. The molecule has 6 nitrogen and oxygen atoms in total. The summed E-state index contributed by atoms with van der Waals surface area (Å²) >= 11 is 0. The van der Waals surface area contributed by atoms with Gasteiger partial charge in [0.25, 0.3) is 0 Å². The molecule has 2 aromatic carbocycles. The van der Waals surface area contributed by atoms with E-state index in [-0.39, 0.29) is 12.1 Å². The Balaban J connectivity index is 1.99. The highest BCUT2D eigenvalue weighted by atomic mass is 16.5. The maximum absolute atomic E-state index is 12.5. The molecular weight excluding hydrogens is 382 g/mol. The number of nitrogens with zero attached hydrogens (tertiary/aromatic N) is 1. The minimum absolute atomic E-state index is 0.107. The molecule has 0 aromatic heterocycles. The molecule has 0 saturated carbocycles. The molecule has 1 unspecified atom stereocenters. The van der Waals surface area contributed by atoms with Gasteiger partial charge in [-0.25, -0.2) is 0 Å². The smallest absolute Gasteiger partial charge is 0.315 e. The van der Waals surface area contributed by atoms with Crippen molar-refractivity contribution < 1.29 is 23.7 Å². The Morgan fingerprint density at radius 1 is 1.13 bits per heavy atom. The zero-order valence-corrected chi connectivity index (χ0v) is 18.2. The Morgan fingerprint density at radius 2 is 1.87 bits per heavy atom. The van der Waals surface area contributed by atoms with Crippen LogP contribution in [0.4, 0.5) is 0 Å². The van der Waals surface area contributed by atoms with Crippen LogP contribution in [-0.4, -0.2) is 45.2 Å². The normalized spacial score (nSPS) is 15.3. The average molecular weight is 411 g/mol. The monoisotopic (exact) mass is 411 g/mol. The second-order valence-electron chi connectivity index (χ2n) is 7.38. The van der Waals surface area contributed by atoms with Gasteiger partial charge in [-0.15, -0.1) is 0 Å². The van der Waals surface area contributed by atoms with E-state index in [4.69, 9.17) is 23.9 Å². The molecule has 0 fully saturated rings. The molecule has 0 amide bonds. The molecule has 6 heteroatoms. The predicted octanol–water partition coefficient (Wildman–Crippen LogP) is 4.18. The fourth-order valence-electron chi connectivity index (χ4n) is 3.61. The van der Waals surface area contributed by atoms with E-state index < -0.39 is 5.92 Å². The van der Waals surface area contributed by atoms with Gasteiger partial charge in [0, 0.05) is 17.7 Å². The quantitative estimate of drug-likeness (QED) is 0.610. The number of benzene rings is 2. The molecule has 30 heavy (non-hydrogen) atoms. The third kappa shape index (κ3) is 4.75. The number of aliphatic imine (C=N–C) groups is 1. The third-order valence-electron chi connectivity index (χ3n) is 4.92. The molecule has 1 heterocycles. The van der Waals surface area contributed by atoms with Gasteiger partial charge >= 0.3 is 5.97 Å². The number of rotatable bonds is 8. The number of carbonyl (C=O) groups is 1. The molecule has 0 bridgehead atoms. The predicted molar refractivity (Wildman–Crippen MR) is 116 cm³/mol. The third-order valence-corrected chi connectivity index (χ3v) is 4.92. The number of hydrogen-bond donors (Lipinski definition) is 0. The maximum atomic E-state index is 12.5. The first kappa shape index (κ1) is 21.7. The fraction of sp³-hybridized carbons (Fsp3) is 0.417. The lowest BCUT2D eigenvalue weighted by atomic mass is 9.86. The second-order valence-corrected chi connectivity index (χ2v) is 7.38. The zero-order chi connectivity index (χ0) is 21.7. The van der Waals surface area contributed by atoms with Crippen molar-refractivity contribution in [1.82, 2.24) is 0 Å². The van der Waals surface area contributed by atoms with Gasteiger partial charge in [0.15, 0.2) is 11.5 Å². The summed E-state index contributed by atoms with van der Waals surface area (Å²) in [5.41, 5.74) is 3.72. The topological polar surface area (TPSA) is 66.4 Å². The summed E-state index contributed by atoms with van der Waals surface area (Å²) in [6, 6.07) is 11.8. The van der Waals surface area contributed by atoms with Crippen LogP contribution in [0.5, 0.6) is 17.2 Å². The number of methoxy groups -OCH3 is 2. The Kier molecular flexibility index (Phi) is 6.98. The van der Waals surface area contributed by atoms with E-state index in [9.17, 15) is 4.79 Å². The highest BCUT2D eigenvalue weighted by molar-refractivity contribution is 6.06. The zero-order valence-electron chi connectivity index (χ0n) is 18.2. The van der Waals surface area contributed by atoms with E-state index in [1.54, 1.807) is 21.1 Å². The first-order chi connectivity index (χ1) is 14.5. The van der Waals surface area contributed by atoms with Crippen molar-refractivity contribution in [3.8, 4) is 17.2 Å². The number of carbonyl (C=O) groups excluding carboxylic acids is 1. The van der Waals surface area contributed by atoms with Crippen LogP contribution in [0.2, 0.25) is 0 Å². The molecule has 160 valence electrons. The molecule has 1 atom stereocenters. The van der Waals surface area contributed by atoms with E-state index in [1.807, 2.05) is 50.2 Å². The lowest BCUT2D eigenvalue weighted by Crippen LogP contribution is -2.26. The van der Waals surface area contributed by atoms with E-state index in [1.165, 1.54) is 0 Å². The van der Waals surface area contributed by atoms with Crippen molar-refractivity contribution >= 4 is 11.7 Å². The summed E-state index contributed by atoms with van der Waals surface area (Å²) in [6.45, 7) is 6.49. The highest BCUT2D eigenvalue weighted by Gasteiger charge is 2.31. The summed E-state index contributed by atoms with van der Waals surface area (Å²) < 4.78 is 22.0. The van der Waals surface area contributed by atoms with Gasteiger partial charge < -0.3 is 18.9 Å². The summed E-state index contributed by atoms with van der Waals surface area (Å²) in [7, 11) is 3.18. The molecule has 1 aliphatic heterocycles. The molecule has 1 aliphatic rings. The molecule has 0 N–H and O–H groups in total. The van der Waals surface area contributed by atoms with Crippen LogP contribution in [0.15, 0.2) is 41.4 Å². The van der Waals surface area contributed by atoms with Gasteiger partial charge in [-0.2, -0.15) is 0 Å². The van der Waals surface area contributed by atoms with Crippen LogP contribution >= 0.6 is 0 Å². The molecule has 3 rings (SSSR count). The number of hydrogen-bond acceptors (Lipinski definition) is 6. The van der Waals surface area contributed by atoms with E-state index >= 15 is 0 Å². The maximum Gasteiger partial charge on any atom is 0.315 e. The number of esters is 1. The largest absolute Gasteiger partial charge is 0.493 e. The fourth-order valence-corrected chi connectivity index (χ4v) is 3.61. The van der Waals surface area contributed by atoms with Gasteiger partial charge in [0.2, 0.25) is 0 Å². The van der Waals surface area contributed by atoms with Gasteiger partial charge in [-0.3, -0.25) is 9.79 Å². The molecule has 0 radical (unpaired) electrons. The van der Waals surface area contributed by atoms with E-state index in [0.29, 0.717) is 31.1 Å². The number of fused-ring (bicyclic) bond motifs is 1. The summed E-state index contributed by atoms with van der Waals surface area (Å²) in [5, 5.41) is 0. The molecule has 0 spiro atoms. The van der Waals surface area contributed by atoms with Crippen LogP contribution in [0, 0.1) is 0 Å². The van der Waals surface area contributed by atoms with Crippen LogP contribution in [0.3, 0.4) is 0 Å². The average Bonchev–Trinajstić information content (AvgIpc) is 2.72. The Morgan fingerprint density at radius 3 is 2.53 bits per heavy atom. The minimum atomic E-state index is -0.459. The SMILES string of the molecule is CCOC(=O)C1CN=C(Cc2cccc(OC(C)C)c2)c2cc(OC)c(OC)cc21. The van der Waals surface area contributed by atoms with E-state index in [2.05, 4.69) is 0 Å². The van der Waals surface area contributed by atoms with Gasteiger partial charge in [0.1, 0.15) is 11.7 Å². The van der Waals surface area contributed by atoms with Crippen LogP contribution in [0.25, 0.3) is 0 Å².